The van der Waals surface area contributed by atoms with Crippen molar-refractivity contribution in [3.63, 3.8) is 0 Å². The quantitative estimate of drug-likeness (QED) is 0.619. The lowest BCUT2D eigenvalue weighted by Crippen LogP contribution is -2.41. The molecule has 138 valence electrons. The minimum atomic E-state index is -0.0115. The summed E-state index contributed by atoms with van der Waals surface area (Å²) < 4.78 is 0. The van der Waals surface area contributed by atoms with E-state index in [-0.39, 0.29) is 11.9 Å². The zero-order chi connectivity index (χ0) is 18.8. The number of hydrogen-bond donors (Lipinski definition) is 1. The third kappa shape index (κ3) is 3.84. The van der Waals surface area contributed by atoms with Crippen LogP contribution >= 0.6 is 11.6 Å². The number of benzene rings is 2. The second-order valence-electron chi connectivity index (χ2n) is 7.42. The maximum absolute atomic E-state index is 13.2. The molecular weight excluding hydrogens is 356 g/mol. The number of fused-ring (bicyclic) bond motifs is 1. The molecule has 0 aliphatic heterocycles. The van der Waals surface area contributed by atoms with E-state index in [9.17, 15) is 4.79 Å². The van der Waals surface area contributed by atoms with Gasteiger partial charge in [0.25, 0.3) is 5.91 Å². The van der Waals surface area contributed by atoms with Gasteiger partial charge in [-0.2, -0.15) is 0 Å². The van der Waals surface area contributed by atoms with Crippen LogP contribution in [0.4, 0.5) is 0 Å². The lowest BCUT2D eigenvalue weighted by atomic mass is 9.85. The lowest BCUT2D eigenvalue weighted by Gasteiger charge is -2.29. The number of rotatable bonds is 3. The molecule has 2 aromatic carbocycles. The van der Waals surface area contributed by atoms with Crippen molar-refractivity contribution in [3.05, 3.63) is 65.2 Å². The van der Waals surface area contributed by atoms with Crippen LogP contribution in [0.3, 0.4) is 0 Å². The summed E-state index contributed by atoms with van der Waals surface area (Å²) in [5.74, 6) is 0.508. The summed E-state index contributed by atoms with van der Waals surface area (Å²) in [5, 5.41) is 4.85. The molecule has 1 aliphatic carbocycles. The van der Waals surface area contributed by atoms with Crippen LogP contribution in [-0.2, 0) is 0 Å². The second kappa shape index (κ2) is 7.69. The first-order chi connectivity index (χ1) is 13.1. The molecule has 1 saturated carbocycles. The van der Waals surface area contributed by atoms with E-state index in [1.165, 1.54) is 19.3 Å². The average molecular weight is 379 g/mol. The summed E-state index contributed by atoms with van der Waals surface area (Å²) in [6, 6.07) is 17.5. The summed E-state index contributed by atoms with van der Waals surface area (Å²) in [6.45, 7) is 2.23. The van der Waals surface area contributed by atoms with Gasteiger partial charge in [0.15, 0.2) is 0 Å². The highest BCUT2D eigenvalue weighted by atomic mass is 35.5. The molecule has 0 bridgehead atoms. The predicted molar refractivity (Wildman–Crippen MR) is 111 cm³/mol. The van der Waals surface area contributed by atoms with Crippen molar-refractivity contribution in [2.75, 3.05) is 0 Å². The van der Waals surface area contributed by atoms with Gasteiger partial charge in [0.05, 0.1) is 16.8 Å². The Balaban J connectivity index is 1.74. The van der Waals surface area contributed by atoms with Crippen molar-refractivity contribution in [1.29, 1.82) is 0 Å². The molecule has 0 radical (unpaired) electrons. The highest BCUT2D eigenvalue weighted by molar-refractivity contribution is 6.30. The average Bonchev–Trinajstić information content (AvgIpc) is 2.69. The molecule has 1 heterocycles. The molecule has 3 nitrogen and oxygen atoms in total. The zero-order valence-corrected chi connectivity index (χ0v) is 16.2. The topological polar surface area (TPSA) is 42.0 Å². The van der Waals surface area contributed by atoms with Crippen molar-refractivity contribution in [1.82, 2.24) is 10.3 Å². The molecule has 27 heavy (non-hydrogen) atoms. The number of carbonyl (C=O) groups excluding carboxylic acids is 1. The van der Waals surface area contributed by atoms with E-state index in [4.69, 9.17) is 16.6 Å². The summed E-state index contributed by atoms with van der Waals surface area (Å²) in [7, 11) is 0. The smallest absolute Gasteiger partial charge is 0.252 e. The monoisotopic (exact) mass is 378 g/mol. The summed E-state index contributed by atoms with van der Waals surface area (Å²) >= 11 is 6.01. The Morgan fingerprint density at radius 1 is 1.07 bits per heavy atom. The molecule has 1 aliphatic rings. The fraction of sp³-hybridized carbons (Fsp3) is 0.304. The van der Waals surface area contributed by atoms with Crippen molar-refractivity contribution in [3.8, 4) is 11.3 Å². The van der Waals surface area contributed by atoms with E-state index in [0.29, 0.717) is 16.5 Å². The van der Waals surface area contributed by atoms with Crippen molar-refractivity contribution in [2.45, 2.75) is 38.6 Å². The van der Waals surface area contributed by atoms with Gasteiger partial charge in [-0.05, 0) is 43.0 Å². The summed E-state index contributed by atoms with van der Waals surface area (Å²) in [4.78, 5) is 17.9. The third-order valence-electron chi connectivity index (χ3n) is 5.53. The molecule has 1 amide bonds. The van der Waals surface area contributed by atoms with Crippen LogP contribution in [0.2, 0.25) is 5.02 Å². The molecule has 3 aromatic rings. The number of halogens is 1. The van der Waals surface area contributed by atoms with Gasteiger partial charge in [0, 0.05) is 22.0 Å². The van der Waals surface area contributed by atoms with Crippen LogP contribution in [0, 0.1) is 5.92 Å². The zero-order valence-electron chi connectivity index (χ0n) is 15.4. The van der Waals surface area contributed by atoms with Crippen LogP contribution in [0.25, 0.3) is 22.2 Å². The van der Waals surface area contributed by atoms with Crippen molar-refractivity contribution in [2.24, 2.45) is 5.92 Å². The second-order valence-corrected chi connectivity index (χ2v) is 7.86. The van der Waals surface area contributed by atoms with Gasteiger partial charge in [0.2, 0.25) is 0 Å². The van der Waals surface area contributed by atoms with E-state index >= 15 is 0 Å². The van der Waals surface area contributed by atoms with Crippen LogP contribution in [0.1, 0.15) is 43.0 Å². The minimum Gasteiger partial charge on any atom is -0.349 e. The van der Waals surface area contributed by atoms with E-state index in [0.717, 1.165) is 28.6 Å². The Labute approximate surface area is 164 Å². The highest BCUT2D eigenvalue weighted by Gasteiger charge is 2.24. The molecular formula is C23H23ClN2O. The number of aromatic nitrogens is 1. The number of hydrogen-bond acceptors (Lipinski definition) is 2. The number of amides is 1. The Morgan fingerprint density at radius 2 is 1.81 bits per heavy atom. The number of nitrogens with zero attached hydrogens (tertiary/aromatic N) is 1. The molecule has 4 rings (SSSR count). The molecule has 4 heteroatoms. The van der Waals surface area contributed by atoms with Gasteiger partial charge in [0.1, 0.15) is 0 Å². The standard InChI is InChI=1S/C23H23ClN2O/c1-15-6-2-4-8-20(15)26-23(27)19-14-22(16-10-12-17(24)13-11-16)25-21-9-5-3-7-18(19)21/h3,5,7,9-15,20H,2,4,6,8H2,1H3,(H,26,27)/t15-,20+/m1/s1. The first kappa shape index (κ1) is 18.0. The van der Waals surface area contributed by atoms with Crippen molar-refractivity contribution < 1.29 is 4.79 Å². The molecule has 1 N–H and O–H groups in total. The van der Waals surface area contributed by atoms with E-state index in [2.05, 4.69) is 12.2 Å². The van der Waals surface area contributed by atoms with Crippen LogP contribution < -0.4 is 5.32 Å². The highest BCUT2D eigenvalue weighted by Crippen LogP contribution is 2.28. The Hall–Kier alpha value is -2.39. The van der Waals surface area contributed by atoms with E-state index < -0.39 is 0 Å². The molecule has 0 saturated heterocycles. The van der Waals surface area contributed by atoms with Crippen LogP contribution in [0.15, 0.2) is 54.6 Å². The predicted octanol–water partition coefficient (Wildman–Crippen LogP) is 5.86. The minimum absolute atomic E-state index is 0.0115. The first-order valence-corrected chi connectivity index (χ1v) is 9.96. The Kier molecular flexibility index (Phi) is 5.13. The fourth-order valence-corrected chi connectivity index (χ4v) is 4.03. The number of nitrogens with one attached hydrogen (secondary N) is 1. The lowest BCUT2D eigenvalue weighted by molar-refractivity contribution is 0.0912. The van der Waals surface area contributed by atoms with Crippen LogP contribution in [0.5, 0.6) is 0 Å². The number of pyridine rings is 1. The molecule has 1 fully saturated rings. The maximum atomic E-state index is 13.2. The SMILES string of the molecule is C[C@@H]1CCCC[C@@H]1NC(=O)c1cc(-c2ccc(Cl)cc2)nc2ccccc12. The molecule has 2 atom stereocenters. The fourth-order valence-electron chi connectivity index (χ4n) is 3.91. The summed E-state index contributed by atoms with van der Waals surface area (Å²) in [5.41, 5.74) is 3.24. The first-order valence-electron chi connectivity index (χ1n) is 9.58. The number of para-hydroxylation sites is 1. The van der Waals surface area contributed by atoms with Gasteiger partial charge in [-0.3, -0.25) is 4.79 Å². The van der Waals surface area contributed by atoms with Gasteiger partial charge < -0.3 is 5.32 Å². The number of carbonyl (C=O) groups is 1. The Bertz CT molecular complexity index is 968. The van der Waals surface area contributed by atoms with Gasteiger partial charge >= 0.3 is 0 Å². The Morgan fingerprint density at radius 3 is 2.59 bits per heavy atom. The molecule has 0 spiro atoms. The third-order valence-corrected chi connectivity index (χ3v) is 5.78. The molecule has 0 unspecified atom stereocenters. The van der Waals surface area contributed by atoms with Gasteiger partial charge in [-0.25, -0.2) is 4.98 Å². The largest absolute Gasteiger partial charge is 0.349 e. The van der Waals surface area contributed by atoms with Crippen molar-refractivity contribution >= 4 is 28.4 Å². The van der Waals surface area contributed by atoms with Gasteiger partial charge in [-0.15, -0.1) is 0 Å². The van der Waals surface area contributed by atoms with Gasteiger partial charge in [-0.1, -0.05) is 61.7 Å². The molecule has 1 aromatic heterocycles. The van der Waals surface area contributed by atoms with Crippen LogP contribution in [-0.4, -0.2) is 16.9 Å². The maximum Gasteiger partial charge on any atom is 0.252 e. The summed E-state index contributed by atoms with van der Waals surface area (Å²) in [6.07, 6.45) is 4.67. The van der Waals surface area contributed by atoms with E-state index in [1.54, 1.807) is 0 Å². The van der Waals surface area contributed by atoms with E-state index in [1.807, 2.05) is 54.6 Å². The normalized spacial score (nSPS) is 19.8.